The molecule has 1 saturated heterocycles. The molecule has 1 aliphatic heterocycles. The average Bonchev–Trinajstić information content (AvgIpc) is 2.83. The van der Waals surface area contributed by atoms with E-state index in [4.69, 9.17) is 9.47 Å². The minimum atomic E-state index is 0.202. The summed E-state index contributed by atoms with van der Waals surface area (Å²) in [6.07, 6.45) is 1.59. The van der Waals surface area contributed by atoms with Gasteiger partial charge in [0, 0.05) is 29.7 Å². The minimum absolute atomic E-state index is 0.202. The van der Waals surface area contributed by atoms with Crippen molar-refractivity contribution in [3.8, 4) is 5.75 Å². The van der Waals surface area contributed by atoms with E-state index in [1.54, 1.807) is 7.11 Å². The lowest BCUT2D eigenvalue weighted by Gasteiger charge is -2.55. The molecule has 0 aromatic heterocycles. The molecule has 1 aromatic carbocycles. The van der Waals surface area contributed by atoms with Crippen LogP contribution in [0.25, 0.3) is 0 Å². The SMILES string of the molecule is COc1ccc(NC2C3CCOC3C2(C)C)cc1Br. The molecule has 4 heteroatoms. The molecule has 0 radical (unpaired) electrons. The van der Waals surface area contributed by atoms with E-state index in [1.807, 2.05) is 6.07 Å². The first-order valence-electron chi connectivity index (χ1n) is 6.75. The van der Waals surface area contributed by atoms with Crippen LogP contribution >= 0.6 is 15.9 Å². The lowest BCUT2D eigenvalue weighted by Crippen LogP contribution is -2.63. The molecule has 19 heavy (non-hydrogen) atoms. The molecule has 3 unspecified atom stereocenters. The Balaban J connectivity index is 1.76. The van der Waals surface area contributed by atoms with Crippen molar-refractivity contribution in [2.45, 2.75) is 32.4 Å². The fraction of sp³-hybridized carbons (Fsp3) is 0.600. The molecule has 0 bridgehead atoms. The monoisotopic (exact) mass is 325 g/mol. The van der Waals surface area contributed by atoms with Gasteiger partial charge in [0.15, 0.2) is 0 Å². The van der Waals surface area contributed by atoms with Crippen LogP contribution in [-0.2, 0) is 4.74 Å². The molecule has 1 saturated carbocycles. The van der Waals surface area contributed by atoms with Crippen LogP contribution in [0.2, 0.25) is 0 Å². The Kier molecular flexibility index (Phi) is 3.26. The molecule has 1 aromatic rings. The first kappa shape index (κ1) is 13.3. The van der Waals surface area contributed by atoms with E-state index in [-0.39, 0.29) is 5.41 Å². The molecule has 104 valence electrons. The highest BCUT2D eigenvalue weighted by Gasteiger charge is 2.59. The maximum atomic E-state index is 5.83. The molecule has 3 atom stereocenters. The normalized spacial score (nSPS) is 31.5. The van der Waals surface area contributed by atoms with Gasteiger partial charge in [0.1, 0.15) is 5.75 Å². The lowest BCUT2D eigenvalue weighted by molar-refractivity contribution is -0.0923. The van der Waals surface area contributed by atoms with E-state index < -0.39 is 0 Å². The van der Waals surface area contributed by atoms with Gasteiger partial charge in [0.2, 0.25) is 0 Å². The van der Waals surface area contributed by atoms with Gasteiger partial charge in [-0.2, -0.15) is 0 Å². The van der Waals surface area contributed by atoms with Crippen LogP contribution in [0, 0.1) is 11.3 Å². The van der Waals surface area contributed by atoms with Gasteiger partial charge in [-0.1, -0.05) is 13.8 Å². The minimum Gasteiger partial charge on any atom is -0.496 e. The number of methoxy groups -OCH3 is 1. The van der Waals surface area contributed by atoms with Crippen LogP contribution in [0.5, 0.6) is 5.75 Å². The number of ether oxygens (including phenoxy) is 2. The summed E-state index contributed by atoms with van der Waals surface area (Å²) in [6.45, 7) is 5.48. The van der Waals surface area contributed by atoms with Crippen LogP contribution in [0.1, 0.15) is 20.3 Å². The predicted octanol–water partition coefficient (Wildman–Crippen LogP) is 3.68. The molecular weight excluding hydrogens is 306 g/mol. The third-order valence-electron chi connectivity index (χ3n) is 4.57. The first-order valence-corrected chi connectivity index (χ1v) is 7.55. The molecule has 2 aliphatic rings. The summed E-state index contributed by atoms with van der Waals surface area (Å²) in [5.74, 6) is 1.51. The zero-order valence-electron chi connectivity index (χ0n) is 11.6. The van der Waals surface area contributed by atoms with E-state index in [0.717, 1.165) is 22.5 Å². The molecule has 3 rings (SSSR count). The van der Waals surface area contributed by atoms with Gasteiger partial charge >= 0.3 is 0 Å². The number of hydrogen-bond donors (Lipinski definition) is 1. The zero-order valence-corrected chi connectivity index (χ0v) is 13.2. The average molecular weight is 326 g/mol. The quantitative estimate of drug-likeness (QED) is 0.919. The second-order valence-electron chi connectivity index (χ2n) is 6.04. The van der Waals surface area contributed by atoms with Crippen LogP contribution < -0.4 is 10.1 Å². The number of nitrogens with one attached hydrogen (secondary N) is 1. The molecule has 1 aliphatic carbocycles. The summed E-state index contributed by atoms with van der Waals surface area (Å²) < 4.78 is 12.1. The van der Waals surface area contributed by atoms with Crippen LogP contribution in [-0.4, -0.2) is 25.9 Å². The Labute approximate surface area is 122 Å². The topological polar surface area (TPSA) is 30.5 Å². The van der Waals surface area contributed by atoms with Gasteiger partial charge in [-0.25, -0.2) is 0 Å². The molecule has 3 nitrogen and oxygen atoms in total. The maximum absolute atomic E-state index is 5.83. The molecule has 1 N–H and O–H groups in total. The summed E-state index contributed by atoms with van der Waals surface area (Å²) >= 11 is 3.53. The molecule has 2 fully saturated rings. The van der Waals surface area contributed by atoms with Gasteiger partial charge in [-0.05, 0) is 40.5 Å². The molecule has 1 heterocycles. The van der Waals surface area contributed by atoms with Gasteiger partial charge in [0.25, 0.3) is 0 Å². The fourth-order valence-electron chi connectivity index (χ4n) is 3.55. The number of halogens is 1. The van der Waals surface area contributed by atoms with Gasteiger partial charge in [-0.15, -0.1) is 0 Å². The smallest absolute Gasteiger partial charge is 0.133 e. The van der Waals surface area contributed by atoms with Crippen LogP contribution in [0.3, 0.4) is 0 Å². The number of hydrogen-bond acceptors (Lipinski definition) is 3. The van der Waals surface area contributed by atoms with E-state index >= 15 is 0 Å². The number of benzene rings is 1. The summed E-state index contributed by atoms with van der Waals surface area (Å²) in [7, 11) is 1.68. The Morgan fingerprint density at radius 1 is 1.42 bits per heavy atom. The van der Waals surface area contributed by atoms with Crippen molar-refractivity contribution < 1.29 is 9.47 Å². The number of anilines is 1. The van der Waals surface area contributed by atoms with Crippen LogP contribution in [0.4, 0.5) is 5.69 Å². The largest absolute Gasteiger partial charge is 0.496 e. The number of rotatable bonds is 3. The van der Waals surface area contributed by atoms with Gasteiger partial charge in [0.05, 0.1) is 17.7 Å². The standard InChI is InChI=1S/C15H20BrNO2/c1-15(2)13(10-6-7-19-14(10)15)17-9-4-5-12(18-3)11(16)8-9/h4-5,8,10,13-14,17H,6-7H2,1-3H3. The third-order valence-corrected chi connectivity index (χ3v) is 5.19. The summed E-state index contributed by atoms with van der Waals surface area (Å²) in [6, 6.07) is 6.63. The zero-order chi connectivity index (χ0) is 13.6. The molecular formula is C15H20BrNO2. The van der Waals surface area contributed by atoms with Crippen molar-refractivity contribution in [3.05, 3.63) is 22.7 Å². The van der Waals surface area contributed by atoms with Gasteiger partial charge in [-0.3, -0.25) is 0 Å². The van der Waals surface area contributed by atoms with Crippen molar-refractivity contribution in [3.63, 3.8) is 0 Å². The third kappa shape index (κ3) is 2.05. The first-order chi connectivity index (χ1) is 9.04. The molecule has 0 spiro atoms. The Morgan fingerprint density at radius 2 is 2.21 bits per heavy atom. The van der Waals surface area contributed by atoms with Crippen molar-refractivity contribution >= 4 is 21.6 Å². The summed E-state index contributed by atoms with van der Waals surface area (Å²) in [4.78, 5) is 0. The van der Waals surface area contributed by atoms with E-state index in [2.05, 4.69) is 47.2 Å². The number of fused-ring (bicyclic) bond motifs is 1. The Bertz CT molecular complexity index is 489. The predicted molar refractivity (Wildman–Crippen MR) is 79.7 cm³/mol. The summed E-state index contributed by atoms with van der Waals surface area (Å²) in [5.41, 5.74) is 1.34. The van der Waals surface area contributed by atoms with Crippen LogP contribution in [0.15, 0.2) is 22.7 Å². The Morgan fingerprint density at radius 3 is 2.89 bits per heavy atom. The second-order valence-corrected chi connectivity index (χ2v) is 6.89. The van der Waals surface area contributed by atoms with Crippen molar-refractivity contribution in [1.82, 2.24) is 0 Å². The highest BCUT2D eigenvalue weighted by atomic mass is 79.9. The van der Waals surface area contributed by atoms with E-state index in [9.17, 15) is 0 Å². The van der Waals surface area contributed by atoms with E-state index in [1.165, 1.54) is 6.42 Å². The highest BCUT2D eigenvalue weighted by molar-refractivity contribution is 9.10. The second kappa shape index (κ2) is 4.67. The maximum Gasteiger partial charge on any atom is 0.133 e. The van der Waals surface area contributed by atoms with E-state index in [0.29, 0.717) is 18.1 Å². The van der Waals surface area contributed by atoms with Crippen molar-refractivity contribution in [2.75, 3.05) is 19.0 Å². The fourth-order valence-corrected chi connectivity index (χ4v) is 4.09. The summed E-state index contributed by atoms with van der Waals surface area (Å²) in [5, 5.41) is 3.67. The van der Waals surface area contributed by atoms with Crippen molar-refractivity contribution in [2.24, 2.45) is 11.3 Å². The highest BCUT2D eigenvalue weighted by Crippen LogP contribution is 2.53. The molecule has 0 amide bonds. The van der Waals surface area contributed by atoms with Gasteiger partial charge < -0.3 is 14.8 Å². The van der Waals surface area contributed by atoms with Crippen molar-refractivity contribution in [1.29, 1.82) is 0 Å². The lowest BCUT2D eigenvalue weighted by atomic mass is 9.57. The Hall–Kier alpha value is -0.740.